The number of nitrogens with zero attached hydrogens (tertiary/aromatic N) is 1. The van der Waals surface area contributed by atoms with Crippen molar-refractivity contribution >= 4 is 15.9 Å². The lowest BCUT2D eigenvalue weighted by atomic mass is 10.1. The molecule has 0 amide bonds. The Bertz CT molecular complexity index is 902. The van der Waals surface area contributed by atoms with Crippen LogP contribution in [0.2, 0.25) is 0 Å². The highest BCUT2D eigenvalue weighted by molar-refractivity contribution is 7.91. The fraction of sp³-hybridized carbons (Fsp3) is 0.118. The van der Waals surface area contributed by atoms with Crippen LogP contribution in [-0.2, 0) is 15.8 Å². The van der Waals surface area contributed by atoms with E-state index in [9.17, 15) is 8.42 Å². The molecule has 0 unspecified atom stereocenters. The van der Waals surface area contributed by atoms with Gasteiger partial charge in [-0.15, -0.1) is 0 Å². The number of hydrogen-bond acceptors (Lipinski definition) is 4. The van der Waals surface area contributed by atoms with Crippen molar-refractivity contribution in [1.29, 1.82) is 0 Å². The molecule has 0 fully saturated rings. The molecule has 0 saturated heterocycles. The smallest absolute Gasteiger partial charge is 0.245 e. The van der Waals surface area contributed by atoms with Crippen molar-refractivity contribution in [2.24, 2.45) is 0 Å². The highest BCUT2D eigenvalue weighted by Gasteiger charge is 2.19. The van der Waals surface area contributed by atoms with Crippen LogP contribution in [0.25, 0.3) is 11.1 Å². The van der Waals surface area contributed by atoms with Gasteiger partial charge in [0.2, 0.25) is 15.9 Å². The normalized spacial score (nSPS) is 11.3. The van der Waals surface area contributed by atoms with Crippen molar-refractivity contribution in [3.63, 3.8) is 0 Å². The Hall–Kier alpha value is -2.60. The maximum absolute atomic E-state index is 12.4. The topological polar surface area (TPSA) is 72.2 Å². The second-order valence-corrected chi connectivity index (χ2v) is 6.94. The summed E-state index contributed by atoms with van der Waals surface area (Å²) in [5.41, 5.74) is 3.13. The predicted octanol–water partition coefficient (Wildman–Crippen LogP) is 3.59. The molecule has 118 valence electrons. The molecule has 1 N–H and O–H groups in total. The quantitative estimate of drug-likeness (QED) is 0.777. The largest absolute Gasteiger partial charge is 0.337 e. The molecule has 3 aromatic rings. The second-order valence-electron chi connectivity index (χ2n) is 5.22. The molecule has 1 heterocycles. The van der Waals surface area contributed by atoms with Crippen LogP contribution in [0.15, 0.2) is 65.3 Å². The first kappa shape index (κ1) is 15.3. The standard InChI is InChI=1S/C17H16N2O3S/c1-13-7-5-6-10-15(13)12-23(20,21)19-17-16(11-18-22-17)14-8-3-2-4-9-14/h2-11,19H,12H2,1H3. The first-order valence-corrected chi connectivity index (χ1v) is 8.75. The minimum absolute atomic E-state index is 0.116. The molecule has 1 aromatic heterocycles. The number of anilines is 1. The van der Waals surface area contributed by atoms with E-state index in [1.807, 2.05) is 55.5 Å². The molecule has 6 heteroatoms. The lowest BCUT2D eigenvalue weighted by Crippen LogP contribution is -2.15. The second kappa shape index (κ2) is 6.26. The number of sulfonamides is 1. The van der Waals surface area contributed by atoms with Crippen LogP contribution in [0.4, 0.5) is 5.88 Å². The van der Waals surface area contributed by atoms with E-state index in [-0.39, 0.29) is 11.6 Å². The zero-order valence-corrected chi connectivity index (χ0v) is 13.4. The number of hydrogen-bond donors (Lipinski definition) is 1. The van der Waals surface area contributed by atoms with E-state index >= 15 is 0 Å². The summed E-state index contributed by atoms with van der Waals surface area (Å²) in [6.07, 6.45) is 1.50. The van der Waals surface area contributed by atoms with Gasteiger partial charge in [0.25, 0.3) is 0 Å². The molecule has 0 radical (unpaired) electrons. The fourth-order valence-electron chi connectivity index (χ4n) is 2.29. The SMILES string of the molecule is Cc1ccccc1CS(=O)(=O)Nc1oncc1-c1ccccc1. The number of rotatable bonds is 5. The number of nitrogens with one attached hydrogen (secondary N) is 1. The third-order valence-electron chi connectivity index (χ3n) is 3.51. The average molecular weight is 328 g/mol. The minimum atomic E-state index is -3.59. The van der Waals surface area contributed by atoms with Crippen molar-refractivity contribution in [2.75, 3.05) is 4.72 Å². The molecule has 0 atom stereocenters. The van der Waals surface area contributed by atoms with Crippen LogP contribution in [0.3, 0.4) is 0 Å². The lowest BCUT2D eigenvalue weighted by molar-refractivity contribution is 0.435. The third kappa shape index (κ3) is 3.60. The fourth-order valence-corrected chi connectivity index (χ4v) is 3.53. The molecule has 3 rings (SSSR count). The minimum Gasteiger partial charge on any atom is -0.337 e. The van der Waals surface area contributed by atoms with Crippen LogP contribution in [0.1, 0.15) is 11.1 Å². The molecule has 23 heavy (non-hydrogen) atoms. The van der Waals surface area contributed by atoms with Crippen LogP contribution < -0.4 is 4.72 Å². The summed E-state index contributed by atoms with van der Waals surface area (Å²) >= 11 is 0. The molecule has 0 aliphatic heterocycles. The van der Waals surface area contributed by atoms with Crippen LogP contribution in [-0.4, -0.2) is 13.6 Å². The Morgan fingerprint density at radius 2 is 1.74 bits per heavy atom. The highest BCUT2D eigenvalue weighted by atomic mass is 32.2. The van der Waals surface area contributed by atoms with Gasteiger partial charge in [0.05, 0.1) is 17.5 Å². The molecule has 0 aliphatic carbocycles. The molecule has 0 bridgehead atoms. The van der Waals surface area contributed by atoms with Gasteiger partial charge in [-0.2, -0.15) is 0 Å². The van der Waals surface area contributed by atoms with Gasteiger partial charge in [-0.25, -0.2) is 8.42 Å². The maximum atomic E-state index is 12.4. The van der Waals surface area contributed by atoms with E-state index in [0.29, 0.717) is 5.56 Å². The van der Waals surface area contributed by atoms with Gasteiger partial charge in [0, 0.05) is 0 Å². The van der Waals surface area contributed by atoms with Crippen molar-refractivity contribution in [1.82, 2.24) is 5.16 Å². The van der Waals surface area contributed by atoms with E-state index in [4.69, 9.17) is 4.52 Å². The van der Waals surface area contributed by atoms with Gasteiger partial charge in [0.1, 0.15) is 0 Å². The predicted molar refractivity (Wildman–Crippen MR) is 89.4 cm³/mol. The monoisotopic (exact) mass is 328 g/mol. The van der Waals surface area contributed by atoms with Crippen molar-refractivity contribution in [3.05, 3.63) is 71.9 Å². The van der Waals surface area contributed by atoms with E-state index in [0.717, 1.165) is 16.7 Å². The third-order valence-corrected chi connectivity index (χ3v) is 4.70. The first-order chi connectivity index (χ1) is 11.1. The zero-order valence-electron chi connectivity index (χ0n) is 12.6. The van der Waals surface area contributed by atoms with E-state index in [2.05, 4.69) is 9.88 Å². The average Bonchev–Trinajstić information content (AvgIpc) is 2.97. The molecular formula is C17H16N2O3S. The first-order valence-electron chi connectivity index (χ1n) is 7.10. The maximum Gasteiger partial charge on any atom is 0.245 e. The summed E-state index contributed by atoms with van der Waals surface area (Å²) in [4.78, 5) is 0. The Morgan fingerprint density at radius 3 is 2.48 bits per heavy atom. The summed E-state index contributed by atoms with van der Waals surface area (Å²) < 4.78 is 32.4. The van der Waals surface area contributed by atoms with E-state index in [1.54, 1.807) is 6.07 Å². The van der Waals surface area contributed by atoms with Crippen LogP contribution in [0, 0.1) is 6.92 Å². The van der Waals surface area contributed by atoms with Gasteiger partial charge in [-0.05, 0) is 23.6 Å². The summed E-state index contributed by atoms with van der Waals surface area (Å²) in [7, 11) is -3.59. The van der Waals surface area contributed by atoms with Gasteiger partial charge in [-0.1, -0.05) is 59.8 Å². The van der Waals surface area contributed by atoms with Crippen molar-refractivity contribution < 1.29 is 12.9 Å². The van der Waals surface area contributed by atoms with Crippen LogP contribution in [0.5, 0.6) is 0 Å². The Labute approximate surface area is 135 Å². The van der Waals surface area contributed by atoms with Crippen molar-refractivity contribution in [2.45, 2.75) is 12.7 Å². The molecule has 0 spiro atoms. The van der Waals surface area contributed by atoms with E-state index in [1.165, 1.54) is 6.20 Å². The van der Waals surface area contributed by atoms with Gasteiger partial charge in [-0.3, -0.25) is 4.72 Å². The Balaban J connectivity index is 1.85. The number of aryl methyl sites for hydroxylation is 1. The molecule has 0 aliphatic rings. The van der Waals surface area contributed by atoms with Crippen LogP contribution >= 0.6 is 0 Å². The summed E-state index contributed by atoms with van der Waals surface area (Å²) in [6, 6.07) is 16.7. The van der Waals surface area contributed by atoms with Gasteiger partial charge in [0.15, 0.2) is 0 Å². The summed E-state index contributed by atoms with van der Waals surface area (Å²) in [5.74, 6) is 0.0130. The van der Waals surface area contributed by atoms with Gasteiger partial charge >= 0.3 is 0 Å². The summed E-state index contributed by atoms with van der Waals surface area (Å²) in [5, 5.41) is 3.71. The number of aromatic nitrogens is 1. The highest BCUT2D eigenvalue weighted by Crippen LogP contribution is 2.28. The van der Waals surface area contributed by atoms with Gasteiger partial charge < -0.3 is 4.52 Å². The molecule has 0 saturated carbocycles. The molecule has 2 aromatic carbocycles. The lowest BCUT2D eigenvalue weighted by Gasteiger charge is -2.08. The van der Waals surface area contributed by atoms with E-state index < -0.39 is 10.0 Å². The number of benzene rings is 2. The molecule has 5 nitrogen and oxygen atoms in total. The Kier molecular flexibility index (Phi) is 4.16. The Morgan fingerprint density at radius 1 is 1.04 bits per heavy atom. The summed E-state index contributed by atoms with van der Waals surface area (Å²) in [6.45, 7) is 1.88. The van der Waals surface area contributed by atoms with Crippen molar-refractivity contribution in [3.8, 4) is 11.1 Å². The molecular weight excluding hydrogens is 312 g/mol. The zero-order chi connectivity index (χ0) is 16.3.